The molecule has 3 saturated carbocycles. The van der Waals surface area contributed by atoms with Crippen LogP contribution in [0.15, 0.2) is 18.6 Å². The second-order valence-electron chi connectivity index (χ2n) is 15.8. The Morgan fingerprint density at radius 2 is 1.58 bits per heavy atom. The molecule has 1 aromatic heterocycles. The molecule has 5 amide bonds. The Kier molecular flexibility index (Phi) is 12.3. The fraction of sp³-hybridized carbons (Fsp3) is 0.730. The van der Waals surface area contributed by atoms with Crippen LogP contribution >= 0.6 is 0 Å². The minimum absolute atomic E-state index is 0.0121. The number of amides is 5. The molecular weight excluding hydrogens is 638 g/mol. The fourth-order valence-electron chi connectivity index (χ4n) is 8.01. The van der Waals surface area contributed by atoms with Gasteiger partial charge in [-0.25, -0.2) is 4.98 Å². The summed E-state index contributed by atoms with van der Waals surface area (Å²) in [6, 6.07) is -3.89. The Morgan fingerprint density at radius 1 is 0.880 bits per heavy atom. The van der Waals surface area contributed by atoms with Crippen LogP contribution in [0.4, 0.5) is 0 Å². The number of rotatable bonds is 13. The van der Waals surface area contributed by atoms with E-state index in [1.165, 1.54) is 18.6 Å². The lowest BCUT2D eigenvalue weighted by Gasteiger charge is -2.40. The van der Waals surface area contributed by atoms with E-state index in [1.54, 1.807) is 4.90 Å². The summed E-state index contributed by atoms with van der Waals surface area (Å²) in [5, 5.41) is 11.5. The standard InChI is InChI=1S/C37H55N7O6/c1-5-11-25(30(45)35(49)40-24-16-17-24)41-33(47)28-20-23-14-9-10-15-27(23)44(28)36(50)31(37(2,3)4)43-34(48)29(22-12-7-6-8-13-22)42-32(46)26-21-38-18-19-39-26/h18-19,21-25,27-29,31H,5-17,20H2,1-4H3,(H,40,49)(H,41,47)(H,42,46)(H,43,48)/t23-,25?,27-,28-,29?,31+/m0/s1. The Hall–Kier alpha value is -3.90. The molecule has 0 spiro atoms. The van der Waals surface area contributed by atoms with Gasteiger partial charge in [-0.15, -0.1) is 0 Å². The van der Waals surface area contributed by atoms with Crippen LogP contribution in [-0.4, -0.2) is 86.4 Å². The quantitative estimate of drug-likeness (QED) is 0.228. The first-order chi connectivity index (χ1) is 23.9. The van der Waals surface area contributed by atoms with E-state index >= 15 is 0 Å². The van der Waals surface area contributed by atoms with E-state index in [2.05, 4.69) is 31.2 Å². The minimum atomic E-state index is -0.997. The predicted molar refractivity (Wildman–Crippen MR) is 185 cm³/mol. The van der Waals surface area contributed by atoms with Crippen molar-refractivity contribution < 1.29 is 28.8 Å². The van der Waals surface area contributed by atoms with Crippen LogP contribution in [0.5, 0.6) is 0 Å². The molecule has 0 radical (unpaired) electrons. The third kappa shape index (κ3) is 9.06. The average molecular weight is 694 g/mol. The van der Waals surface area contributed by atoms with Crippen LogP contribution in [0.25, 0.3) is 0 Å². The first kappa shape index (κ1) is 37.4. The molecule has 13 nitrogen and oxygen atoms in total. The lowest BCUT2D eigenvalue weighted by atomic mass is 9.81. The molecule has 1 aromatic rings. The molecule has 1 aliphatic heterocycles. The highest BCUT2D eigenvalue weighted by molar-refractivity contribution is 6.38. The number of Topliss-reactive ketones (excluding diaryl/α,β-unsaturated/α-hetero) is 1. The van der Waals surface area contributed by atoms with Gasteiger partial charge in [-0.05, 0) is 68.6 Å². The van der Waals surface area contributed by atoms with Gasteiger partial charge in [0.15, 0.2) is 0 Å². The van der Waals surface area contributed by atoms with Crippen molar-refractivity contribution in [1.29, 1.82) is 0 Å². The number of carbonyl (C=O) groups excluding carboxylic acids is 6. The third-order valence-corrected chi connectivity index (χ3v) is 10.9. The van der Waals surface area contributed by atoms with Gasteiger partial charge in [-0.2, -0.15) is 0 Å². The van der Waals surface area contributed by atoms with E-state index in [0.717, 1.165) is 70.6 Å². The second kappa shape index (κ2) is 16.4. The summed E-state index contributed by atoms with van der Waals surface area (Å²) < 4.78 is 0. The van der Waals surface area contributed by atoms with E-state index < -0.39 is 59.0 Å². The summed E-state index contributed by atoms with van der Waals surface area (Å²) in [5.74, 6) is -3.12. The molecule has 50 heavy (non-hydrogen) atoms. The lowest BCUT2D eigenvalue weighted by Crippen LogP contribution is -2.63. The number of hydrogen-bond donors (Lipinski definition) is 4. The third-order valence-electron chi connectivity index (χ3n) is 10.9. The fourth-order valence-corrected chi connectivity index (χ4v) is 8.01. The molecule has 4 aliphatic rings. The second-order valence-corrected chi connectivity index (χ2v) is 15.8. The van der Waals surface area contributed by atoms with Crippen molar-refractivity contribution in [2.75, 3.05) is 0 Å². The van der Waals surface area contributed by atoms with Crippen molar-refractivity contribution in [3.63, 3.8) is 0 Å². The predicted octanol–water partition coefficient (Wildman–Crippen LogP) is 2.98. The Morgan fingerprint density at radius 3 is 2.22 bits per heavy atom. The molecule has 5 rings (SSSR count). The maximum Gasteiger partial charge on any atom is 0.289 e. The van der Waals surface area contributed by atoms with Crippen molar-refractivity contribution in [3.05, 3.63) is 24.3 Å². The van der Waals surface area contributed by atoms with Crippen LogP contribution in [-0.2, 0) is 24.0 Å². The molecular formula is C37H55N7O6. The Bertz CT molecular complexity index is 1400. The number of carbonyl (C=O) groups is 6. The van der Waals surface area contributed by atoms with Gasteiger partial charge in [0.25, 0.3) is 11.8 Å². The summed E-state index contributed by atoms with van der Waals surface area (Å²) in [6.07, 6.45) is 15.3. The summed E-state index contributed by atoms with van der Waals surface area (Å²) in [6.45, 7) is 7.52. The maximum absolute atomic E-state index is 14.8. The molecule has 4 N–H and O–H groups in total. The van der Waals surface area contributed by atoms with Gasteiger partial charge in [0, 0.05) is 24.5 Å². The number of nitrogens with one attached hydrogen (secondary N) is 4. The zero-order chi connectivity index (χ0) is 36.0. The van der Waals surface area contributed by atoms with E-state index in [1.807, 2.05) is 27.7 Å². The number of hydrogen-bond acceptors (Lipinski definition) is 8. The topological polar surface area (TPSA) is 180 Å². The number of fused-ring (bicyclic) bond motifs is 1. The van der Waals surface area contributed by atoms with Crippen molar-refractivity contribution in [1.82, 2.24) is 36.1 Å². The minimum Gasteiger partial charge on any atom is -0.347 e. The van der Waals surface area contributed by atoms with Gasteiger partial charge in [0.05, 0.1) is 12.2 Å². The highest BCUT2D eigenvalue weighted by Crippen LogP contribution is 2.41. The highest BCUT2D eigenvalue weighted by atomic mass is 16.2. The average Bonchev–Trinajstić information content (AvgIpc) is 3.84. The van der Waals surface area contributed by atoms with Crippen molar-refractivity contribution in [2.45, 2.75) is 154 Å². The molecule has 274 valence electrons. The number of nitrogens with zero attached hydrogens (tertiary/aromatic N) is 3. The number of likely N-dealkylation sites (tertiary alicyclic amines) is 1. The molecule has 13 heteroatoms. The lowest BCUT2D eigenvalue weighted by molar-refractivity contribution is -0.147. The van der Waals surface area contributed by atoms with E-state index in [4.69, 9.17) is 0 Å². The normalized spacial score (nSPS) is 24.2. The largest absolute Gasteiger partial charge is 0.347 e. The summed E-state index contributed by atoms with van der Waals surface area (Å²) in [4.78, 5) is 91.9. The van der Waals surface area contributed by atoms with Crippen LogP contribution in [0, 0.1) is 17.3 Å². The zero-order valence-electron chi connectivity index (χ0n) is 30.0. The zero-order valence-corrected chi connectivity index (χ0v) is 30.0. The molecule has 1 saturated heterocycles. The van der Waals surface area contributed by atoms with Crippen molar-refractivity contribution in [2.24, 2.45) is 17.3 Å². The Labute approximate surface area is 295 Å². The number of ketones is 1. The highest BCUT2D eigenvalue weighted by Gasteiger charge is 2.51. The first-order valence-electron chi connectivity index (χ1n) is 18.7. The van der Waals surface area contributed by atoms with Gasteiger partial charge in [0.2, 0.25) is 23.5 Å². The van der Waals surface area contributed by atoms with Crippen molar-refractivity contribution >= 4 is 35.3 Å². The van der Waals surface area contributed by atoms with Gasteiger partial charge in [-0.3, -0.25) is 33.8 Å². The van der Waals surface area contributed by atoms with Crippen LogP contribution in [0.2, 0.25) is 0 Å². The molecule has 2 heterocycles. The van der Waals surface area contributed by atoms with Gasteiger partial charge < -0.3 is 26.2 Å². The summed E-state index contributed by atoms with van der Waals surface area (Å²) >= 11 is 0. The van der Waals surface area contributed by atoms with Crippen LogP contribution in [0.3, 0.4) is 0 Å². The molecule has 2 unspecified atom stereocenters. The summed E-state index contributed by atoms with van der Waals surface area (Å²) in [5.41, 5.74) is -0.641. The number of aromatic nitrogens is 2. The monoisotopic (exact) mass is 693 g/mol. The van der Waals surface area contributed by atoms with E-state index in [9.17, 15) is 28.8 Å². The molecule has 0 aromatic carbocycles. The van der Waals surface area contributed by atoms with Crippen LogP contribution in [0.1, 0.15) is 128 Å². The van der Waals surface area contributed by atoms with Crippen LogP contribution < -0.4 is 21.3 Å². The van der Waals surface area contributed by atoms with Crippen molar-refractivity contribution in [3.8, 4) is 0 Å². The SMILES string of the molecule is CCCC(NC(=O)[C@@H]1C[C@@H]2CCCC[C@@H]2N1C(=O)[C@@H](NC(=O)C(NC(=O)c1cnccn1)C1CCCCC1)C(C)(C)C)C(=O)C(=O)NC1CC1. The Balaban J connectivity index is 1.38. The first-order valence-corrected chi connectivity index (χ1v) is 18.7. The molecule has 4 fully saturated rings. The van der Waals surface area contributed by atoms with E-state index in [0.29, 0.717) is 19.3 Å². The summed E-state index contributed by atoms with van der Waals surface area (Å²) in [7, 11) is 0. The molecule has 0 bridgehead atoms. The molecule has 3 aliphatic carbocycles. The molecule has 6 atom stereocenters. The van der Waals surface area contributed by atoms with E-state index in [-0.39, 0.29) is 35.5 Å². The van der Waals surface area contributed by atoms with Gasteiger partial charge in [0.1, 0.15) is 23.8 Å². The maximum atomic E-state index is 14.8. The van der Waals surface area contributed by atoms with Gasteiger partial charge in [-0.1, -0.05) is 66.2 Å². The smallest absolute Gasteiger partial charge is 0.289 e. The van der Waals surface area contributed by atoms with Gasteiger partial charge >= 0.3 is 0 Å².